The number of nitrogens with zero attached hydrogens (tertiary/aromatic N) is 2. The highest BCUT2D eigenvalue weighted by molar-refractivity contribution is 6.02. The third-order valence-electron chi connectivity index (χ3n) is 2.29. The number of amides is 1. The van der Waals surface area contributed by atoms with Crippen molar-refractivity contribution < 1.29 is 4.79 Å². The van der Waals surface area contributed by atoms with Crippen LogP contribution in [0, 0.1) is 0 Å². The number of pyridine rings is 1. The van der Waals surface area contributed by atoms with Crippen LogP contribution in [0.2, 0.25) is 0 Å². The Morgan fingerprint density at radius 2 is 2.21 bits per heavy atom. The van der Waals surface area contributed by atoms with Gasteiger partial charge in [0.15, 0.2) is 5.82 Å². The first-order valence-electron chi connectivity index (χ1n) is 5.76. The van der Waals surface area contributed by atoms with Crippen molar-refractivity contribution in [1.82, 2.24) is 15.2 Å². The summed E-state index contributed by atoms with van der Waals surface area (Å²) >= 11 is 0. The molecule has 0 saturated carbocycles. The van der Waals surface area contributed by atoms with Gasteiger partial charge in [0.1, 0.15) is 5.69 Å². The molecule has 0 atom stereocenters. The summed E-state index contributed by atoms with van der Waals surface area (Å²) in [6, 6.07) is 6.12. The van der Waals surface area contributed by atoms with E-state index in [0.29, 0.717) is 0 Å². The zero-order valence-electron chi connectivity index (χ0n) is 10.3. The fourth-order valence-electron chi connectivity index (χ4n) is 1.46. The van der Waals surface area contributed by atoms with Crippen LogP contribution >= 0.6 is 0 Å². The van der Waals surface area contributed by atoms with E-state index in [2.05, 4.69) is 25.8 Å². The number of rotatable bonds is 4. The maximum atomic E-state index is 11.9. The summed E-state index contributed by atoms with van der Waals surface area (Å²) in [6.07, 6.45) is 1.55. The molecule has 0 aromatic carbocycles. The Balaban J connectivity index is 2.13. The van der Waals surface area contributed by atoms with Gasteiger partial charge in [-0.3, -0.25) is 14.6 Å². The molecule has 98 valence electrons. The lowest BCUT2D eigenvalue weighted by atomic mass is 10.3. The lowest BCUT2D eigenvalue weighted by molar-refractivity contribution is 0.102. The second-order valence-electron chi connectivity index (χ2n) is 3.72. The van der Waals surface area contributed by atoms with Crippen LogP contribution in [-0.4, -0.2) is 27.6 Å². The van der Waals surface area contributed by atoms with Crippen molar-refractivity contribution >= 4 is 17.4 Å². The van der Waals surface area contributed by atoms with Crippen molar-refractivity contribution in [2.45, 2.75) is 6.92 Å². The van der Waals surface area contributed by atoms with Gasteiger partial charge in [-0.2, -0.15) is 5.10 Å². The van der Waals surface area contributed by atoms with Crippen molar-refractivity contribution in [2.24, 2.45) is 0 Å². The molecule has 0 spiro atoms. The molecule has 2 aromatic rings. The van der Waals surface area contributed by atoms with Crippen LogP contribution in [0.5, 0.6) is 0 Å². The number of anilines is 2. The third-order valence-corrected chi connectivity index (χ3v) is 2.29. The number of carbonyl (C=O) groups is 1. The van der Waals surface area contributed by atoms with Gasteiger partial charge in [-0.15, -0.1) is 0 Å². The molecule has 0 aliphatic rings. The van der Waals surface area contributed by atoms with Crippen molar-refractivity contribution in [3.63, 3.8) is 0 Å². The highest BCUT2D eigenvalue weighted by Crippen LogP contribution is 2.09. The van der Waals surface area contributed by atoms with E-state index in [4.69, 9.17) is 0 Å². The fraction of sp³-hybridized carbons (Fsp3) is 0.167. The Morgan fingerprint density at radius 1 is 1.37 bits per heavy atom. The minimum absolute atomic E-state index is 0.264. The average molecular weight is 259 g/mol. The molecule has 19 heavy (non-hydrogen) atoms. The highest BCUT2D eigenvalue weighted by atomic mass is 16.2. The Hall–Kier alpha value is -2.70. The van der Waals surface area contributed by atoms with Crippen molar-refractivity contribution in [2.75, 3.05) is 17.2 Å². The lowest BCUT2D eigenvalue weighted by Crippen LogP contribution is -2.17. The maximum Gasteiger partial charge on any atom is 0.275 e. The van der Waals surface area contributed by atoms with Gasteiger partial charge in [0.2, 0.25) is 0 Å². The molecule has 7 heteroatoms. The molecule has 0 saturated heterocycles. The number of carbonyl (C=O) groups excluding carboxylic acids is 1. The van der Waals surface area contributed by atoms with Crippen LogP contribution in [0.1, 0.15) is 17.4 Å². The van der Waals surface area contributed by atoms with Crippen LogP contribution in [0.15, 0.2) is 35.3 Å². The van der Waals surface area contributed by atoms with Gasteiger partial charge in [0, 0.05) is 24.5 Å². The minimum Gasteiger partial charge on any atom is -0.385 e. The van der Waals surface area contributed by atoms with Gasteiger partial charge in [0.05, 0.1) is 0 Å². The van der Waals surface area contributed by atoms with E-state index < -0.39 is 0 Å². The van der Waals surface area contributed by atoms with Gasteiger partial charge >= 0.3 is 0 Å². The molecular formula is C12H13N5O2. The number of hydrogen-bond acceptors (Lipinski definition) is 5. The first-order valence-corrected chi connectivity index (χ1v) is 5.76. The van der Waals surface area contributed by atoms with Gasteiger partial charge < -0.3 is 10.6 Å². The average Bonchev–Trinajstić information content (AvgIpc) is 2.42. The second-order valence-corrected chi connectivity index (χ2v) is 3.72. The third kappa shape index (κ3) is 3.38. The summed E-state index contributed by atoms with van der Waals surface area (Å²) in [4.78, 5) is 26.7. The van der Waals surface area contributed by atoms with E-state index in [1.165, 1.54) is 12.1 Å². The standard InChI is InChI=1S/C12H13N5O2/c1-2-13-8-5-6-14-9(7-8)12(19)15-10-3-4-11(18)17-16-10/h3-7H,2H2,1H3,(H,13,14)(H,17,18)(H,15,16,19). The predicted molar refractivity (Wildman–Crippen MR) is 71.2 cm³/mol. The number of aromatic amines is 1. The molecule has 1 amide bonds. The van der Waals surface area contributed by atoms with Gasteiger partial charge in [0.25, 0.3) is 11.5 Å². The molecule has 0 aliphatic carbocycles. The Bertz CT molecular complexity index is 618. The van der Waals surface area contributed by atoms with E-state index in [0.717, 1.165) is 12.2 Å². The van der Waals surface area contributed by atoms with Crippen LogP contribution in [0.3, 0.4) is 0 Å². The summed E-state index contributed by atoms with van der Waals surface area (Å²) in [6.45, 7) is 2.72. The summed E-state index contributed by atoms with van der Waals surface area (Å²) in [5, 5.41) is 11.6. The minimum atomic E-state index is -0.390. The fourth-order valence-corrected chi connectivity index (χ4v) is 1.46. The highest BCUT2D eigenvalue weighted by Gasteiger charge is 2.09. The number of nitrogens with one attached hydrogen (secondary N) is 3. The van der Waals surface area contributed by atoms with E-state index >= 15 is 0 Å². The Morgan fingerprint density at radius 3 is 2.89 bits per heavy atom. The van der Waals surface area contributed by atoms with Crippen LogP contribution < -0.4 is 16.2 Å². The molecule has 0 fully saturated rings. The smallest absolute Gasteiger partial charge is 0.275 e. The normalized spacial score (nSPS) is 9.95. The molecule has 3 N–H and O–H groups in total. The largest absolute Gasteiger partial charge is 0.385 e. The number of hydrogen-bond donors (Lipinski definition) is 3. The molecule has 0 aliphatic heterocycles. The van der Waals surface area contributed by atoms with Crippen LogP contribution in [0.4, 0.5) is 11.5 Å². The molecule has 2 rings (SSSR count). The van der Waals surface area contributed by atoms with Crippen molar-refractivity contribution in [1.29, 1.82) is 0 Å². The van der Waals surface area contributed by atoms with E-state index in [-0.39, 0.29) is 23.0 Å². The molecule has 0 bridgehead atoms. The summed E-state index contributed by atoms with van der Waals surface area (Å²) in [5.41, 5.74) is 0.758. The SMILES string of the molecule is CCNc1ccnc(C(=O)Nc2ccc(=O)[nH]n2)c1. The van der Waals surface area contributed by atoms with Crippen molar-refractivity contribution in [3.8, 4) is 0 Å². The molecule has 2 aromatic heterocycles. The zero-order valence-corrected chi connectivity index (χ0v) is 10.3. The second kappa shape index (κ2) is 5.76. The quantitative estimate of drug-likeness (QED) is 0.755. The number of aromatic nitrogens is 3. The summed E-state index contributed by atoms with van der Waals surface area (Å²) < 4.78 is 0. The van der Waals surface area contributed by atoms with Crippen molar-refractivity contribution in [3.05, 3.63) is 46.5 Å². The van der Waals surface area contributed by atoms with Crippen LogP contribution in [-0.2, 0) is 0 Å². The molecule has 0 radical (unpaired) electrons. The van der Waals surface area contributed by atoms with E-state index in [1.807, 2.05) is 6.92 Å². The monoisotopic (exact) mass is 259 g/mol. The molecular weight excluding hydrogens is 246 g/mol. The van der Waals surface area contributed by atoms with E-state index in [9.17, 15) is 9.59 Å². The number of H-pyrrole nitrogens is 1. The van der Waals surface area contributed by atoms with Gasteiger partial charge in [-0.05, 0) is 25.1 Å². The first kappa shape index (κ1) is 12.7. The van der Waals surface area contributed by atoms with Gasteiger partial charge in [-0.1, -0.05) is 0 Å². The predicted octanol–water partition coefficient (Wildman–Crippen LogP) is 0.849. The molecule has 2 heterocycles. The Labute approximate surface area is 109 Å². The first-order chi connectivity index (χ1) is 9.19. The molecule has 7 nitrogen and oxygen atoms in total. The lowest BCUT2D eigenvalue weighted by Gasteiger charge is -2.06. The topological polar surface area (TPSA) is 99.8 Å². The zero-order chi connectivity index (χ0) is 13.7. The van der Waals surface area contributed by atoms with Gasteiger partial charge in [-0.25, -0.2) is 5.10 Å². The maximum absolute atomic E-state index is 11.9. The molecule has 0 unspecified atom stereocenters. The summed E-state index contributed by atoms with van der Waals surface area (Å²) in [7, 11) is 0. The van der Waals surface area contributed by atoms with E-state index in [1.54, 1.807) is 18.3 Å². The summed E-state index contributed by atoms with van der Waals surface area (Å²) in [5.74, 6) is -0.125. The van der Waals surface area contributed by atoms with Crippen LogP contribution in [0.25, 0.3) is 0 Å². The Kier molecular flexibility index (Phi) is 3.87.